The van der Waals surface area contributed by atoms with Gasteiger partial charge in [0.2, 0.25) is 10.0 Å². The van der Waals surface area contributed by atoms with E-state index in [-0.39, 0.29) is 22.8 Å². The SMILES string of the molecule is COc1ccc(CNS(=O)(=O)c2ccc(OC)c(C(N)=O)c2)cc1. The molecule has 1 amide bonds. The number of amides is 1. The highest BCUT2D eigenvalue weighted by molar-refractivity contribution is 7.89. The summed E-state index contributed by atoms with van der Waals surface area (Å²) in [4.78, 5) is 11.4. The molecule has 128 valence electrons. The number of rotatable bonds is 7. The van der Waals surface area contributed by atoms with Gasteiger partial charge in [0.05, 0.1) is 24.7 Å². The summed E-state index contributed by atoms with van der Waals surface area (Å²) in [5, 5.41) is 0. The molecule has 3 N–H and O–H groups in total. The summed E-state index contributed by atoms with van der Waals surface area (Å²) in [6.45, 7) is 0.101. The zero-order chi connectivity index (χ0) is 17.7. The molecular formula is C16H18N2O5S. The van der Waals surface area contributed by atoms with Crippen molar-refractivity contribution in [2.75, 3.05) is 14.2 Å². The molecule has 0 atom stereocenters. The zero-order valence-electron chi connectivity index (χ0n) is 13.3. The Morgan fingerprint density at radius 1 is 1.08 bits per heavy atom. The number of hydrogen-bond donors (Lipinski definition) is 2. The van der Waals surface area contributed by atoms with Crippen molar-refractivity contribution in [2.45, 2.75) is 11.4 Å². The van der Waals surface area contributed by atoms with Crippen LogP contribution in [0, 0.1) is 0 Å². The van der Waals surface area contributed by atoms with Gasteiger partial charge >= 0.3 is 0 Å². The van der Waals surface area contributed by atoms with Crippen LogP contribution in [-0.4, -0.2) is 28.5 Å². The maximum absolute atomic E-state index is 12.4. The van der Waals surface area contributed by atoms with E-state index in [1.165, 1.54) is 25.3 Å². The van der Waals surface area contributed by atoms with Gasteiger partial charge in [-0.3, -0.25) is 4.79 Å². The van der Waals surface area contributed by atoms with Crippen LogP contribution < -0.4 is 19.9 Å². The molecule has 0 aliphatic rings. The lowest BCUT2D eigenvalue weighted by Crippen LogP contribution is -2.24. The van der Waals surface area contributed by atoms with Gasteiger partial charge < -0.3 is 15.2 Å². The fraction of sp³-hybridized carbons (Fsp3) is 0.188. The Morgan fingerprint density at radius 2 is 1.75 bits per heavy atom. The third kappa shape index (κ3) is 4.03. The van der Waals surface area contributed by atoms with Gasteiger partial charge in [-0.1, -0.05) is 12.1 Å². The molecule has 2 aromatic carbocycles. The average Bonchev–Trinajstić information content (AvgIpc) is 2.59. The fourth-order valence-corrected chi connectivity index (χ4v) is 3.10. The average molecular weight is 350 g/mol. The first-order valence-corrected chi connectivity index (χ1v) is 8.46. The molecule has 7 nitrogen and oxygen atoms in total. The molecule has 0 saturated carbocycles. The molecule has 0 fully saturated rings. The molecule has 0 aliphatic carbocycles. The van der Waals surface area contributed by atoms with Gasteiger partial charge in [0.25, 0.3) is 5.91 Å². The lowest BCUT2D eigenvalue weighted by Gasteiger charge is -2.10. The van der Waals surface area contributed by atoms with Gasteiger partial charge in [0.15, 0.2) is 0 Å². The molecule has 8 heteroatoms. The van der Waals surface area contributed by atoms with Gasteiger partial charge in [-0.15, -0.1) is 0 Å². The van der Waals surface area contributed by atoms with Crippen molar-refractivity contribution >= 4 is 15.9 Å². The van der Waals surface area contributed by atoms with Crippen LogP contribution in [0.25, 0.3) is 0 Å². The molecule has 0 radical (unpaired) electrons. The molecule has 0 aliphatic heterocycles. The van der Waals surface area contributed by atoms with Crippen LogP contribution in [0.3, 0.4) is 0 Å². The van der Waals surface area contributed by atoms with Crippen LogP contribution in [0.1, 0.15) is 15.9 Å². The van der Waals surface area contributed by atoms with Crippen LogP contribution in [-0.2, 0) is 16.6 Å². The molecule has 2 aromatic rings. The number of methoxy groups -OCH3 is 2. The van der Waals surface area contributed by atoms with Gasteiger partial charge in [-0.05, 0) is 35.9 Å². The second-order valence-corrected chi connectivity index (χ2v) is 6.67. The summed E-state index contributed by atoms with van der Waals surface area (Å²) >= 11 is 0. The number of hydrogen-bond acceptors (Lipinski definition) is 5. The standard InChI is InChI=1S/C16H18N2O5S/c1-22-12-5-3-11(4-6-12)10-18-24(20,21)13-7-8-15(23-2)14(9-13)16(17)19/h3-9,18H,10H2,1-2H3,(H2,17,19). The molecule has 2 rings (SSSR count). The minimum atomic E-state index is -3.80. The molecule has 0 spiro atoms. The summed E-state index contributed by atoms with van der Waals surface area (Å²) in [5.74, 6) is 0.138. The Morgan fingerprint density at radius 3 is 2.29 bits per heavy atom. The smallest absolute Gasteiger partial charge is 0.252 e. The highest BCUT2D eigenvalue weighted by atomic mass is 32.2. The van der Waals surface area contributed by atoms with Crippen molar-refractivity contribution in [1.29, 1.82) is 0 Å². The Hall–Kier alpha value is -2.58. The quantitative estimate of drug-likeness (QED) is 0.782. The number of sulfonamides is 1. The van der Waals surface area contributed by atoms with E-state index in [9.17, 15) is 13.2 Å². The Labute approximate surface area is 140 Å². The van der Waals surface area contributed by atoms with Crippen LogP contribution in [0.4, 0.5) is 0 Å². The van der Waals surface area contributed by atoms with E-state index >= 15 is 0 Å². The number of carbonyl (C=O) groups excluding carboxylic acids is 1. The third-order valence-corrected chi connectivity index (χ3v) is 4.77. The van der Waals surface area contributed by atoms with E-state index < -0.39 is 15.9 Å². The molecule has 0 bridgehead atoms. The van der Waals surface area contributed by atoms with Crippen molar-refractivity contribution in [3.8, 4) is 11.5 Å². The highest BCUT2D eigenvalue weighted by Crippen LogP contribution is 2.22. The van der Waals surface area contributed by atoms with Crippen molar-refractivity contribution in [3.63, 3.8) is 0 Å². The van der Waals surface area contributed by atoms with Gasteiger partial charge in [-0.2, -0.15) is 0 Å². The molecular weight excluding hydrogens is 332 g/mol. The van der Waals surface area contributed by atoms with Crippen molar-refractivity contribution < 1.29 is 22.7 Å². The number of nitrogens with one attached hydrogen (secondary N) is 1. The summed E-state index contributed by atoms with van der Waals surface area (Å²) in [6, 6.07) is 10.9. The predicted molar refractivity (Wildman–Crippen MR) is 88.5 cm³/mol. The number of carbonyl (C=O) groups is 1. The minimum Gasteiger partial charge on any atom is -0.497 e. The van der Waals surface area contributed by atoms with E-state index in [0.717, 1.165) is 5.56 Å². The third-order valence-electron chi connectivity index (χ3n) is 3.37. The summed E-state index contributed by atoms with van der Waals surface area (Å²) < 4.78 is 37.3. The number of primary amides is 1. The van der Waals surface area contributed by atoms with E-state index in [1.807, 2.05) is 0 Å². The van der Waals surface area contributed by atoms with Crippen LogP contribution in [0.15, 0.2) is 47.4 Å². The van der Waals surface area contributed by atoms with Crippen LogP contribution in [0.5, 0.6) is 11.5 Å². The van der Waals surface area contributed by atoms with E-state index in [1.54, 1.807) is 31.4 Å². The van der Waals surface area contributed by atoms with Gasteiger partial charge in [-0.25, -0.2) is 13.1 Å². The van der Waals surface area contributed by atoms with E-state index in [0.29, 0.717) is 5.75 Å². The zero-order valence-corrected chi connectivity index (χ0v) is 14.1. The first-order chi connectivity index (χ1) is 11.4. The maximum atomic E-state index is 12.4. The lowest BCUT2D eigenvalue weighted by atomic mass is 10.2. The summed E-state index contributed by atoms with van der Waals surface area (Å²) in [5.41, 5.74) is 6.02. The summed E-state index contributed by atoms with van der Waals surface area (Å²) in [6.07, 6.45) is 0. The van der Waals surface area contributed by atoms with E-state index in [4.69, 9.17) is 15.2 Å². The second-order valence-electron chi connectivity index (χ2n) is 4.90. The van der Waals surface area contributed by atoms with Crippen molar-refractivity contribution in [1.82, 2.24) is 4.72 Å². The molecule has 0 unspecified atom stereocenters. The predicted octanol–water partition coefficient (Wildman–Crippen LogP) is 1.28. The maximum Gasteiger partial charge on any atom is 0.252 e. The molecule has 0 heterocycles. The number of benzene rings is 2. The molecule has 0 saturated heterocycles. The van der Waals surface area contributed by atoms with Crippen molar-refractivity contribution in [2.24, 2.45) is 5.73 Å². The second kappa shape index (κ2) is 7.33. The topological polar surface area (TPSA) is 108 Å². The first kappa shape index (κ1) is 17.8. The Kier molecular flexibility index (Phi) is 5.42. The van der Waals surface area contributed by atoms with Crippen LogP contribution in [0.2, 0.25) is 0 Å². The first-order valence-electron chi connectivity index (χ1n) is 6.98. The highest BCUT2D eigenvalue weighted by Gasteiger charge is 2.18. The monoisotopic (exact) mass is 350 g/mol. The van der Waals surface area contributed by atoms with Gasteiger partial charge in [0, 0.05) is 6.54 Å². The van der Waals surface area contributed by atoms with Gasteiger partial charge in [0.1, 0.15) is 11.5 Å². The molecule has 0 aromatic heterocycles. The van der Waals surface area contributed by atoms with Crippen molar-refractivity contribution in [3.05, 3.63) is 53.6 Å². The van der Waals surface area contributed by atoms with E-state index in [2.05, 4.69) is 4.72 Å². The summed E-state index contributed by atoms with van der Waals surface area (Å²) in [7, 11) is -0.874. The normalized spacial score (nSPS) is 11.1. The van der Waals surface area contributed by atoms with Crippen LogP contribution >= 0.6 is 0 Å². The minimum absolute atomic E-state index is 0.00447. The number of ether oxygens (including phenoxy) is 2. The fourth-order valence-electron chi connectivity index (χ4n) is 2.05. The largest absolute Gasteiger partial charge is 0.497 e. The molecule has 24 heavy (non-hydrogen) atoms. The lowest BCUT2D eigenvalue weighted by molar-refractivity contribution is 0.0997. The Bertz CT molecular complexity index is 832. The number of nitrogens with two attached hydrogens (primary N) is 1. The Balaban J connectivity index is 2.20.